The van der Waals surface area contributed by atoms with Crippen molar-refractivity contribution in [2.75, 3.05) is 12.3 Å². The lowest BCUT2D eigenvalue weighted by atomic mass is 9.87. The number of anilines is 1. The Bertz CT molecular complexity index is 671. The topological polar surface area (TPSA) is 35.2 Å². The molecule has 2 heteroatoms. The average Bonchev–Trinajstić information content (AvgIpc) is 2.88. The van der Waals surface area contributed by atoms with Crippen LogP contribution in [-0.2, 0) is 0 Å². The number of nitrogens with two attached hydrogens (primary N) is 1. The number of hydrogen-bond acceptors (Lipinski definition) is 2. The van der Waals surface area contributed by atoms with E-state index < -0.39 is 0 Å². The standard InChI is InChI=1S/C19H23NO/c1-11(2)14-5-7-15(8-6-14)16-10-21-17-9-12(3)19(20)13(4)18(16)17/h5-9,11,16H,10,20H2,1-4H3/t16-/m0/s1. The molecule has 0 radical (unpaired) electrons. The Kier molecular flexibility index (Phi) is 3.40. The molecule has 0 bridgehead atoms. The van der Waals surface area contributed by atoms with Gasteiger partial charge in [0.15, 0.2) is 0 Å². The fourth-order valence-corrected chi connectivity index (χ4v) is 3.16. The van der Waals surface area contributed by atoms with Crippen LogP contribution in [0.15, 0.2) is 30.3 Å². The second kappa shape index (κ2) is 5.10. The Morgan fingerprint density at radius 1 is 1.14 bits per heavy atom. The third-order valence-corrected chi connectivity index (χ3v) is 4.61. The molecule has 0 fully saturated rings. The fourth-order valence-electron chi connectivity index (χ4n) is 3.16. The van der Waals surface area contributed by atoms with E-state index in [1.807, 2.05) is 6.92 Å². The van der Waals surface area contributed by atoms with Gasteiger partial charge in [-0.15, -0.1) is 0 Å². The first-order valence-corrected chi connectivity index (χ1v) is 7.61. The number of benzene rings is 2. The van der Waals surface area contributed by atoms with Crippen LogP contribution in [0.4, 0.5) is 5.69 Å². The van der Waals surface area contributed by atoms with Crippen molar-refractivity contribution in [3.8, 4) is 5.75 Å². The number of rotatable bonds is 2. The zero-order chi connectivity index (χ0) is 15.1. The van der Waals surface area contributed by atoms with Gasteiger partial charge in [-0.05, 0) is 48.1 Å². The molecular formula is C19H23NO. The molecule has 0 saturated heterocycles. The lowest BCUT2D eigenvalue weighted by molar-refractivity contribution is 0.343. The third kappa shape index (κ3) is 2.29. The maximum absolute atomic E-state index is 6.20. The van der Waals surface area contributed by atoms with Crippen molar-refractivity contribution < 1.29 is 4.74 Å². The Morgan fingerprint density at radius 3 is 2.43 bits per heavy atom. The highest BCUT2D eigenvalue weighted by atomic mass is 16.5. The minimum Gasteiger partial charge on any atom is -0.492 e. The molecule has 0 aromatic heterocycles. The van der Waals surface area contributed by atoms with E-state index in [1.54, 1.807) is 0 Å². The van der Waals surface area contributed by atoms with E-state index in [4.69, 9.17) is 10.5 Å². The maximum atomic E-state index is 6.20. The van der Waals surface area contributed by atoms with Crippen molar-refractivity contribution in [3.05, 3.63) is 58.1 Å². The molecule has 2 nitrogen and oxygen atoms in total. The zero-order valence-electron chi connectivity index (χ0n) is 13.2. The van der Waals surface area contributed by atoms with Gasteiger partial charge in [0, 0.05) is 17.2 Å². The lowest BCUT2D eigenvalue weighted by Gasteiger charge is -2.15. The molecule has 3 rings (SSSR count). The van der Waals surface area contributed by atoms with Crippen LogP contribution < -0.4 is 10.5 Å². The minimum atomic E-state index is 0.295. The minimum absolute atomic E-state index is 0.295. The van der Waals surface area contributed by atoms with Gasteiger partial charge in [-0.25, -0.2) is 0 Å². The molecule has 0 amide bonds. The van der Waals surface area contributed by atoms with Gasteiger partial charge in [-0.3, -0.25) is 0 Å². The van der Waals surface area contributed by atoms with Crippen molar-refractivity contribution >= 4 is 5.69 Å². The van der Waals surface area contributed by atoms with Crippen LogP contribution in [-0.4, -0.2) is 6.61 Å². The molecule has 0 unspecified atom stereocenters. The number of aryl methyl sites for hydroxylation is 1. The van der Waals surface area contributed by atoms with Crippen LogP contribution in [0.25, 0.3) is 0 Å². The number of fused-ring (bicyclic) bond motifs is 1. The SMILES string of the molecule is Cc1cc2c(c(C)c1N)[C@H](c1ccc(C(C)C)cc1)CO2. The first kappa shape index (κ1) is 14.0. The van der Waals surface area contributed by atoms with Gasteiger partial charge in [0.25, 0.3) is 0 Å². The number of nitrogen functional groups attached to an aromatic ring is 1. The molecular weight excluding hydrogens is 258 g/mol. The van der Waals surface area contributed by atoms with Crippen LogP contribution in [0.2, 0.25) is 0 Å². The number of ether oxygens (including phenoxy) is 1. The highest BCUT2D eigenvalue weighted by Gasteiger charge is 2.29. The monoisotopic (exact) mass is 281 g/mol. The number of hydrogen-bond donors (Lipinski definition) is 1. The summed E-state index contributed by atoms with van der Waals surface area (Å²) in [5.41, 5.74) is 13.3. The molecule has 110 valence electrons. The molecule has 1 aliphatic heterocycles. The lowest BCUT2D eigenvalue weighted by Crippen LogP contribution is -2.05. The van der Waals surface area contributed by atoms with E-state index in [0.29, 0.717) is 18.4 Å². The Balaban J connectivity index is 2.03. The van der Waals surface area contributed by atoms with E-state index >= 15 is 0 Å². The van der Waals surface area contributed by atoms with E-state index in [9.17, 15) is 0 Å². The predicted molar refractivity (Wildman–Crippen MR) is 88.2 cm³/mol. The normalized spacial score (nSPS) is 16.9. The molecule has 2 aromatic rings. The van der Waals surface area contributed by atoms with Crippen LogP contribution >= 0.6 is 0 Å². The molecule has 2 aromatic carbocycles. The smallest absolute Gasteiger partial charge is 0.123 e. The summed E-state index contributed by atoms with van der Waals surface area (Å²) < 4.78 is 5.90. The zero-order valence-corrected chi connectivity index (χ0v) is 13.2. The summed E-state index contributed by atoms with van der Waals surface area (Å²) in [4.78, 5) is 0. The van der Waals surface area contributed by atoms with Crippen molar-refractivity contribution in [2.45, 2.75) is 39.5 Å². The van der Waals surface area contributed by atoms with Gasteiger partial charge in [-0.2, -0.15) is 0 Å². The second-order valence-electron chi connectivity index (χ2n) is 6.33. The molecule has 0 spiro atoms. The van der Waals surface area contributed by atoms with Crippen LogP contribution in [0.5, 0.6) is 5.75 Å². The van der Waals surface area contributed by atoms with Crippen LogP contribution in [0.1, 0.15) is 53.5 Å². The summed E-state index contributed by atoms with van der Waals surface area (Å²) in [6, 6.07) is 11.0. The average molecular weight is 281 g/mol. The molecule has 1 heterocycles. The summed E-state index contributed by atoms with van der Waals surface area (Å²) >= 11 is 0. The Morgan fingerprint density at radius 2 is 1.81 bits per heavy atom. The molecule has 1 aliphatic rings. The van der Waals surface area contributed by atoms with Crippen molar-refractivity contribution in [1.82, 2.24) is 0 Å². The van der Waals surface area contributed by atoms with Gasteiger partial charge in [0.1, 0.15) is 5.75 Å². The van der Waals surface area contributed by atoms with Gasteiger partial charge in [0.05, 0.1) is 6.61 Å². The molecule has 1 atom stereocenters. The molecule has 0 aliphatic carbocycles. The first-order chi connectivity index (χ1) is 9.99. The predicted octanol–water partition coefficient (Wildman–Crippen LogP) is 4.53. The maximum Gasteiger partial charge on any atom is 0.123 e. The van der Waals surface area contributed by atoms with Crippen LogP contribution in [0, 0.1) is 13.8 Å². The summed E-state index contributed by atoms with van der Waals surface area (Å²) in [6.07, 6.45) is 0. The fraction of sp³-hybridized carbons (Fsp3) is 0.368. The van der Waals surface area contributed by atoms with Crippen molar-refractivity contribution in [2.24, 2.45) is 0 Å². The summed E-state index contributed by atoms with van der Waals surface area (Å²) in [5, 5.41) is 0. The second-order valence-corrected chi connectivity index (χ2v) is 6.33. The van der Waals surface area contributed by atoms with Crippen LogP contribution in [0.3, 0.4) is 0 Å². The first-order valence-electron chi connectivity index (χ1n) is 7.61. The van der Waals surface area contributed by atoms with E-state index in [1.165, 1.54) is 22.3 Å². The highest BCUT2D eigenvalue weighted by molar-refractivity contribution is 5.64. The Hall–Kier alpha value is -1.96. The van der Waals surface area contributed by atoms with Gasteiger partial charge in [-0.1, -0.05) is 38.1 Å². The highest BCUT2D eigenvalue weighted by Crippen LogP contribution is 2.43. The van der Waals surface area contributed by atoms with Gasteiger partial charge < -0.3 is 10.5 Å². The van der Waals surface area contributed by atoms with Gasteiger partial charge >= 0.3 is 0 Å². The Labute approximate surface area is 126 Å². The van der Waals surface area contributed by atoms with E-state index in [-0.39, 0.29) is 0 Å². The quantitative estimate of drug-likeness (QED) is 0.821. The van der Waals surface area contributed by atoms with Gasteiger partial charge in [0.2, 0.25) is 0 Å². The van der Waals surface area contributed by atoms with E-state index in [2.05, 4.69) is 51.1 Å². The molecule has 0 saturated carbocycles. The van der Waals surface area contributed by atoms with E-state index in [0.717, 1.165) is 17.0 Å². The van der Waals surface area contributed by atoms with Crippen molar-refractivity contribution in [3.63, 3.8) is 0 Å². The van der Waals surface area contributed by atoms with Crippen molar-refractivity contribution in [1.29, 1.82) is 0 Å². The summed E-state index contributed by atoms with van der Waals surface area (Å²) in [6.45, 7) is 9.29. The summed E-state index contributed by atoms with van der Waals surface area (Å²) in [7, 11) is 0. The molecule has 21 heavy (non-hydrogen) atoms. The summed E-state index contributed by atoms with van der Waals surface area (Å²) in [5.74, 6) is 1.85. The molecule has 2 N–H and O–H groups in total. The third-order valence-electron chi connectivity index (χ3n) is 4.61. The largest absolute Gasteiger partial charge is 0.492 e.